The third-order valence-electron chi connectivity index (χ3n) is 13.8. The van der Waals surface area contributed by atoms with Gasteiger partial charge in [-0.15, -0.1) is 0 Å². The molecule has 4 fully saturated rings. The van der Waals surface area contributed by atoms with Crippen LogP contribution in [0.2, 0.25) is 0 Å². The molecule has 2 aromatic heterocycles. The van der Waals surface area contributed by atoms with E-state index in [2.05, 4.69) is 20.5 Å². The van der Waals surface area contributed by atoms with Crippen molar-refractivity contribution in [2.24, 2.45) is 11.3 Å². The standard InChI is InChI=1S/C46H53F4N7O5/c1-44(2,62)34-26-37-30(25-38(34)52-42(60)36-4-3-5-39(51-36)46(48,49)50)27-57(54-37)31-13-20-55(21-14-31)19-12-28-10-15-45(16-11-28)17-22-56(23-18-45)43(61)29-6-8-35(47)33(24-29)32-7-9-40(58)53-41(32)59/h3-6,8,24-28,31-32,62H,7,9-23H2,1-2H3,(H,52,60)(H,53,58,59). The van der Waals surface area contributed by atoms with Gasteiger partial charge >= 0.3 is 6.18 Å². The molecule has 0 radical (unpaired) electrons. The number of rotatable bonds is 9. The Bertz CT molecular complexity index is 2350. The third-order valence-corrected chi connectivity index (χ3v) is 13.8. The number of hydrogen-bond donors (Lipinski definition) is 3. The Morgan fingerprint density at radius 3 is 2.34 bits per heavy atom. The maximum absolute atomic E-state index is 14.8. The van der Waals surface area contributed by atoms with E-state index in [1.165, 1.54) is 37.1 Å². The number of carbonyl (C=O) groups excluding carboxylic acids is 4. The molecule has 4 amide bonds. The number of benzene rings is 2. The first kappa shape index (κ1) is 43.4. The topological polar surface area (TPSA) is 150 Å². The molecule has 5 heterocycles. The number of anilines is 1. The fraction of sp³-hybridized carbons (Fsp3) is 0.522. The molecule has 4 aliphatic rings. The molecule has 330 valence electrons. The van der Waals surface area contributed by atoms with Crippen molar-refractivity contribution in [2.45, 2.75) is 108 Å². The average Bonchev–Trinajstić information content (AvgIpc) is 3.66. The number of alkyl halides is 3. The second-order valence-corrected chi connectivity index (χ2v) is 18.3. The highest BCUT2D eigenvalue weighted by Gasteiger charge is 2.40. The van der Waals surface area contributed by atoms with Gasteiger partial charge in [-0.3, -0.25) is 29.2 Å². The lowest BCUT2D eigenvalue weighted by Gasteiger charge is -2.46. The average molecular weight is 860 g/mol. The monoisotopic (exact) mass is 859 g/mol. The molecule has 8 rings (SSSR count). The number of piperidine rings is 3. The van der Waals surface area contributed by atoms with E-state index < -0.39 is 46.7 Å². The van der Waals surface area contributed by atoms with Crippen LogP contribution in [0.5, 0.6) is 0 Å². The summed E-state index contributed by atoms with van der Waals surface area (Å²) in [5.41, 5.74) is -0.893. The van der Waals surface area contributed by atoms with Gasteiger partial charge in [0.25, 0.3) is 11.8 Å². The number of imide groups is 1. The van der Waals surface area contributed by atoms with Crippen LogP contribution in [0.25, 0.3) is 10.9 Å². The maximum atomic E-state index is 14.8. The van der Waals surface area contributed by atoms with Gasteiger partial charge in [0, 0.05) is 66.6 Å². The third kappa shape index (κ3) is 9.41. The number of likely N-dealkylation sites (tertiary alicyclic amines) is 2. The van der Waals surface area contributed by atoms with Crippen LogP contribution in [0.3, 0.4) is 0 Å². The molecule has 3 N–H and O–H groups in total. The fourth-order valence-corrected chi connectivity index (χ4v) is 9.94. The lowest BCUT2D eigenvalue weighted by Crippen LogP contribution is -2.44. The number of nitrogens with one attached hydrogen (secondary N) is 2. The highest BCUT2D eigenvalue weighted by Crippen LogP contribution is 2.47. The number of carbonyl (C=O) groups is 4. The Morgan fingerprint density at radius 1 is 0.935 bits per heavy atom. The first-order valence-electron chi connectivity index (χ1n) is 21.7. The molecule has 12 nitrogen and oxygen atoms in total. The van der Waals surface area contributed by atoms with Crippen LogP contribution in [0.4, 0.5) is 23.2 Å². The van der Waals surface area contributed by atoms with Crippen molar-refractivity contribution < 1.29 is 41.8 Å². The summed E-state index contributed by atoms with van der Waals surface area (Å²) < 4.78 is 56.5. The molecule has 1 atom stereocenters. The van der Waals surface area contributed by atoms with Crippen LogP contribution in [0, 0.1) is 17.2 Å². The SMILES string of the molecule is CC(C)(O)c1cc2nn(C3CCN(CCC4CCC5(CC4)CCN(C(=O)c4ccc(F)c(C6CCC(=O)NC6=O)c4)CC5)CC3)cc2cc1NC(=O)c1cccc(C(F)(F)F)n1. The van der Waals surface area contributed by atoms with Crippen molar-refractivity contribution >= 4 is 40.2 Å². The predicted octanol–water partition coefficient (Wildman–Crippen LogP) is 7.73. The molecule has 3 saturated heterocycles. The van der Waals surface area contributed by atoms with Crippen LogP contribution < -0.4 is 10.6 Å². The number of hydrogen-bond acceptors (Lipinski definition) is 8. The molecule has 16 heteroatoms. The molecule has 4 aromatic rings. The minimum Gasteiger partial charge on any atom is -0.386 e. The summed E-state index contributed by atoms with van der Waals surface area (Å²) in [5, 5.41) is 21.5. The van der Waals surface area contributed by atoms with Crippen molar-refractivity contribution in [1.29, 1.82) is 0 Å². The smallest absolute Gasteiger partial charge is 0.386 e. The van der Waals surface area contributed by atoms with Crippen LogP contribution >= 0.6 is 0 Å². The van der Waals surface area contributed by atoms with E-state index in [9.17, 15) is 41.8 Å². The quantitative estimate of drug-likeness (QED) is 0.114. The second kappa shape index (κ2) is 17.2. The van der Waals surface area contributed by atoms with Gasteiger partial charge in [-0.1, -0.05) is 6.07 Å². The zero-order valence-electron chi connectivity index (χ0n) is 35.1. The minimum absolute atomic E-state index is 0.136. The Balaban J connectivity index is 0.804. The molecule has 1 saturated carbocycles. The van der Waals surface area contributed by atoms with Crippen LogP contribution in [0.1, 0.15) is 134 Å². The van der Waals surface area contributed by atoms with Gasteiger partial charge < -0.3 is 20.2 Å². The largest absolute Gasteiger partial charge is 0.433 e. The molecule has 1 spiro atoms. The van der Waals surface area contributed by atoms with Crippen molar-refractivity contribution in [1.82, 2.24) is 29.9 Å². The van der Waals surface area contributed by atoms with E-state index in [0.29, 0.717) is 35.7 Å². The van der Waals surface area contributed by atoms with Crippen molar-refractivity contribution in [3.05, 3.63) is 88.6 Å². The summed E-state index contributed by atoms with van der Waals surface area (Å²) >= 11 is 0. The minimum atomic E-state index is -4.70. The summed E-state index contributed by atoms with van der Waals surface area (Å²) in [6.07, 6.45) is 7.05. The molecular weight excluding hydrogens is 807 g/mol. The van der Waals surface area contributed by atoms with Crippen molar-refractivity contribution in [2.75, 3.05) is 38.0 Å². The number of aromatic nitrogens is 3. The second-order valence-electron chi connectivity index (χ2n) is 18.3. The number of halogens is 4. The number of amides is 4. The van der Waals surface area contributed by atoms with Gasteiger partial charge in [0.1, 0.15) is 17.2 Å². The summed E-state index contributed by atoms with van der Waals surface area (Å²) in [6.45, 7) is 7.34. The molecule has 1 aliphatic carbocycles. The number of aliphatic hydroxyl groups is 1. The Labute approximate surface area is 357 Å². The number of nitrogens with zero attached hydrogens (tertiary/aromatic N) is 5. The molecule has 0 bridgehead atoms. The first-order chi connectivity index (χ1) is 29.4. The van der Waals surface area contributed by atoms with E-state index in [4.69, 9.17) is 5.10 Å². The Hall–Kier alpha value is -5.22. The Morgan fingerprint density at radius 2 is 1.66 bits per heavy atom. The molecular formula is C46H53F4N7O5. The summed E-state index contributed by atoms with van der Waals surface area (Å²) in [5.74, 6) is -2.56. The van der Waals surface area contributed by atoms with E-state index >= 15 is 0 Å². The zero-order chi connectivity index (χ0) is 44.0. The van der Waals surface area contributed by atoms with E-state index in [0.717, 1.165) is 82.1 Å². The molecule has 3 aliphatic heterocycles. The van der Waals surface area contributed by atoms with Gasteiger partial charge in [-0.05, 0) is 138 Å². The maximum Gasteiger partial charge on any atom is 0.433 e. The summed E-state index contributed by atoms with van der Waals surface area (Å²) in [4.78, 5) is 58.5. The van der Waals surface area contributed by atoms with Crippen LogP contribution in [-0.4, -0.2) is 86.0 Å². The zero-order valence-corrected chi connectivity index (χ0v) is 35.1. The highest BCUT2D eigenvalue weighted by atomic mass is 19.4. The lowest BCUT2D eigenvalue weighted by atomic mass is 9.65. The van der Waals surface area contributed by atoms with E-state index in [-0.39, 0.29) is 47.4 Å². The fourth-order valence-electron chi connectivity index (χ4n) is 9.94. The van der Waals surface area contributed by atoms with Gasteiger partial charge in [-0.25, -0.2) is 9.37 Å². The molecule has 2 aromatic carbocycles. The summed E-state index contributed by atoms with van der Waals surface area (Å²) in [7, 11) is 0. The van der Waals surface area contributed by atoms with Crippen molar-refractivity contribution in [3.63, 3.8) is 0 Å². The van der Waals surface area contributed by atoms with Crippen LogP contribution in [0.15, 0.2) is 54.7 Å². The van der Waals surface area contributed by atoms with E-state index in [1.54, 1.807) is 26.0 Å². The normalized spacial score (nSPS) is 20.8. The van der Waals surface area contributed by atoms with Gasteiger partial charge in [0.15, 0.2) is 0 Å². The number of fused-ring (bicyclic) bond motifs is 1. The Kier molecular flexibility index (Phi) is 12.0. The molecule has 1 unspecified atom stereocenters. The van der Waals surface area contributed by atoms with Crippen molar-refractivity contribution in [3.8, 4) is 0 Å². The highest BCUT2D eigenvalue weighted by molar-refractivity contribution is 6.04. The number of pyridine rings is 1. The van der Waals surface area contributed by atoms with Crippen LogP contribution in [-0.2, 0) is 21.4 Å². The summed E-state index contributed by atoms with van der Waals surface area (Å²) in [6, 6.07) is 10.9. The van der Waals surface area contributed by atoms with Gasteiger partial charge in [-0.2, -0.15) is 18.3 Å². The first-order valence-corrected chi connectivity index (χ1v) is 21.7. The predicted molar refractivity (Wildman–Crippen MR) is 223 cm³/mol. The lowest BCUT2D eigenvalue weighted by molar-refractivity contribution is -0.141. The molecule has 62 heavy (non-hydrogen) atoms. The van der Waals surface area contributed by atoms with E-state index in [1.807, 2.05) is 15.8 Å². The van der Waals surface area contributed by atoms with Gasteiger partial charge in [0.05, 0.1) is 23.1 Å². The van der Waals surface area contributed by atoms with Gasteiger partial charge in [0.2, 0.25) is 11.8 Å².